The molecule has 0 saturated carbocycles. The lowest BCUT2D eigenvalue weighted by Crippen LogP contribution is -2.57. The number of anilines is 1. The molecule has 28 heavy (non-hydrogen) atoms. The lowest BCUT2D eigenvalue weighted by atomic mass is 9.88. The highest BCUT2D eigenvalue weighted by Crippen LogP contribution is 2.35. The van der Waals surface area contributed by atoms with Crippen molar-refractivity contribution in [2.75, 3.05) is 5.32 Å². The first kappa shape index (κ1) is 20.6. The predicted molar refractivity (Wildman–Crippen MR) is 110 cm³/mol. The molecule has 146 valence electrons. The summed E-state index contributed by atoms with van der Waals surface area (Å²) in [6.45, 7) is 0. The Kier molecular flexibility index (Phi) is 5.98. The molecule has 1 aliphatic rings. The number of benzene rings is 2. The van der Waals surface area contributed by atoms with E-state index in [2.05, 4.69) is 21.2 Å². The second-order valence-electron chi connectivity index (χ2n) is 6.46. The highest BCUT2D eigenvalue weighted by molar-refractivity contribution is 9.10. The summed E-state index contributed by atoms with van der Waals surface area (Å²) in [5.41, 5.74) is -0.703. The van der Waals surface area contributed by atoms with Gasteiger partial charge in [0.2, 0.25) is 5.91 Å². The van der Waals surface area contributed by atoms with E-state index in [9.17, 15) is 19.5 Å². The summed E-state index contributed by atoms with van der Waals surface area (Å²) < 4.78 is 0.843. The van der Waals surface area contributed by atoms with E-state index in [1.54, 1.807) is 24.3 Å². The second kappa shape index (κ2) is 8.11. The number of likely N-dealkylation sites (tertiary alicyclic amines) is 1. The average Bonchev–Trinajstić information content (AvgIpc) is 2.93. The van der Waals surface area contributed by atoms with Gasteiger partial charge in [0.1, 0.15) is 0 Å². The normalized spacial score (nSPS) is 19.0. The second-order valence-corrected chi connectivity index (χ2v) is 8.25. The summed E-state index contributed by atoms with van der Waals surface area (Å²) in [7, 11) is 0. The average molecular weight is 486 g/mol. The largest absolute Gasteiger partial charge is 0.479 e. The Morgan fingerprint density at radius 3 is 2.32 bits per heavy atom. The fraction of sp³-hybridized carbons (Fsp3) is 0.211. The van der Waals surface area contributed by atoms with Crippen LogP contribution in [0, 0.1) is 0 Å². The van der Waals surface area contributed by atoms with Crippen molar-refractivity contribution in [3.63, 3.8) is 0 Å². The molecule has 1 heterocycles. The van der Waals surface area contributed by atoms with Crippen molar-refractivity contribution in [1.82, 2.24) is 4.90 Å². The summed E-state index contributed by atoms with van der Waals surface area (Å²) in [5.74, 6) is -1.79. The monoisotopic (exact) mass is 484 g/mol. The molecule has 0 radical (unpaired) electrons. The topological polar surface area (TPSA) is 86.7 Å². The molecule has 1 atom stereocenters. The van der Waals surface area contributed by atoms with E-state index >= 15 is 0 Å². The van der Waals surface area contributed by atoms with Gasteiger partial charge in [-0.25, -0.2) is 14.5 Å². The van der Waals surface area contributed by atoms with Crippen LogP contribution in [0.1, 0.15) is 18.4 Å². The van der Waals surface area contributed by atoms with Crippen LogP contribution in [0.2, 0.25) is 10.0 Å². The van der Waals surface area contributed by atoms with Crippen LogP contribution >= 0.6 is 39.1 Å². The summed E-state index contributed by atoms with van der Waals surface area (Å²) in [6.07, 6.45) is -0.00141. The lowest BCUT2D eigenvalue weighted by Gasteiger charge is -2.33. The Morgan fingerprint density at radius 1 is 1.14 bits per heavy atom. The van der Waals surface area contributed by atoms with Gasteiger partial charge in [-0.05, 0) is 42.3 Å². The first-order valence-corrected chi connectivity index (χ1v) is 9.84. The third-order valence-corrected chi connectivity index (χ3v) is 5.52. The molecule has 1 fully saturated rings. The number of aliphatic carboxylic acids is 1. The van der Waals surface area contributed by atoms with Crippen LogP contribution in [0.4, 0.5) is 10.5 Å². The van der Waals surface area contributed by atoms with Gasteiger partial charge >= 0.3 is 12.0 Å². The first-order valence-electron chi connectivity index (χ1n) is 8.29. The van der Waals surface area contributed by atoms with Crippen LogP contribution in [0.5, 0.6) is 0 Å². The van der Waals surface area contributed by atoms with Gasteiger partial charge in [-0.3, -0.25) is 4.79 Å². The van der Waals surface area contributed by atoms with Crippen molar-refractivity contribution in [3.05, 3.63) is 62.5 Å². The number of urea groups is 1. The molecule has 3 amide bonds. The van der Waals surface area contributed by atoms with Crippen molar-refractivity contribution in [2.24, 2.45) is 0 Å². The number of imide groups is 1. The van der Waals surface area contributed by atoms with Crippen LogP contribution < -0.4 is 5.32 Å². The number of carbonyl (C=O) groups excluding carboxylic acids is 2. The molecule has 0 aromatic heterocycles. The zero-order valence-electron chi connectivity index (χ0n) is 14.4. The smallest absolute Gasteiger partial charge is 0.330 e. The Labute approximate surface area is 179 Å². The molecule has 2 aromatic rings. The van der Waals surface area contributed by atoms with Crippen LogP contribution in [-0.4, -0.2) is 33.5 Å². The fourth-order valence-electron chi connectivity index (χ4n) is 3.27. The molecule has 2 aromatic carbocycles. The molecule has 1 aliphatic heterocycles. The molecular formula is C19H15BrCl2N2O4. The molecule has 0 bridgehead atoms. The molecule has 1 saturated heterocycles. The summed E-state index contributed by atoms with van der Waals surface area (Å²) in [4.78, 5) is 38.3. The Bertz CT molecular complexity index is 931. The number of carboxylic acid groups (broad SMARTS) is 1. The zero-order chi connectivity index (χ0) is 20.5. The SMILES string of the molecule is O=C1CCC(Cc2ccc(Br)cc2)(C(=O)O)N1C(=O)Nc1cc(Cl)cc(Cl)c1. The maximum Gasteiger partial charge on any atom is 0.330 e. The van der Waals surface area contributed by atoms with Gasteiger partial charge in [0.25, 0.3) is 0 Å². The number of rotatable bonds is 4. The van der Waals surface area contributed by atoms with Crippen LogP contribution in [0.3, 0.4) is 0 Å². The molecule has 0 aliphatic carbocycles. The van der Waals surface area contributed by atoms with Crippen LogP contribution in [-0.2, 0) is 16.0 Å². The maximum atomic E-state index is 12.8. The Morgan fingerprint density at radius 2 is 1.75 bits per heavy atom. The van der Waals surface area contributed by atoms with Crippen molar-refractivity contribution >= 4 is 62.7 Å². The maximum absolute atomic E-state index is 12.8. The fourth-order valence-corrected chi connectivity index (χ4v) is 4.07. The van der Waals surface area contributed by atoms with E-state index in [1.165, 1.54) is 18.2 Å². The molecule has 1 unspecified atom stereocenters. The summed E-state index contributed by atoms with van der Waals surface area (Å²) in [5, 5.41) is 13.1. The molecule has 9 heteroatoms. The van der Waals surface area contributed by atoms with E-state index in [4.69, 9.17) is 23.2 Å². The molecule has 3 rings (SSSR count). The molecular weight excluding hydrogens is 471 g/mol. The van der Waals surface area contributed by atoms with Crippen molar-refractivity contribution in [1.29, 1.82) is 0 Å². The molecule has 0 spiro atoms. The van der Waals surface area contributed by atoms with E-state index in [0.717, 1.165) is 9.37 Å². The van der Waals surface area contributed by atoms with Gasteiger partial charge in [0.15, 0.2) is 5.54 Å². The number of halogens is 3. The van der Waals surface area contributed by atoms with Crippen molar-refractivity contribution < 1.29 is 19.5 Å². The minimum absolute atomic E-state index is 0.00504. The van der Waals surface area contributed by atoms with Gasteiger partial charge in [-0.15, -0.1) is 0 Å². The third-order valence-electron chi connectivity index (χ3n) is 4.55. The zero-order valence-corrected chi connectivity index (χ0v) is 17.5. The Hall–Kier alpha value is -2.09. The highest BCUT2D eigenvalue weighted by atomic mass is 79.9. The van der Waals surface area contributed by atoms with Gasteiger partial charge in [-0.1, -0.05) is 51.3 Å². The van der Waals surface area contributed by atoms with E-state index in [1.807, 2.05) is 0 Å². The van der Waals surface area contributed by atoms with Gasteiger partial charge in [-0.2, -0.15) is 0 Å². The third kappa shape index (κ3) is 4.16. The number of nitrogens with one attached hydrogen (secondary N) is 1. The van der Waals surface area contributed by atoms with Gasteiger partial charge < -0.3 is 10.4 Å². The predicted octanol–water partition coefficient (Wildman–Crippen LogP) is 4.98. The quantitative estimate of drug-likeness (QED) is 0.639. The van der Waals surface area contributed by atoms with Gasteiger partial charge in [0, 0.05) is 33.0 Å². The molecule has 2 N–H and O–H groups in total. The van der Waals surface area contributed by atoms with E-state index < -0.39 is 23.4 Å². The van der Waals surface area contributed by atoms with Crippen LogP contribution in [0.15, 0.2) is 46.9 Å². The minimum Gasteiger partial charge on any atom is -0.479 e. The first-order chi connectivity index (χ1) is 13.2. The number of hydrogen-bond acceptors (Lipinski definition) is 3. The number of carboxylic acids is 1. The van der Waals surface area contributed by atoms with E-state index in [0.29, 0.717) is 15.6 Å². The number of hydrogen-bond donors (Lipinski definition) is 2. The lowest BCUT2D eigenvalue weighted by molar-refractivity contribution is -0.151. The van der Waals surface area contributed by atoms with Crippen molar-refractivity contribution in [2.45, 2.75) is 24.8 Å². The summed E-state index contributed by atoms with van der Waals surface area (Å²) >= 11 is 15.2. The summed E-state index contributed by atoms with van der Waals surface area (Å²) in [6, 6.07) is 10.6. The Balaban J connectivity index is 1.93. The molecule has 6 nitrogen and oxygen atoms in total. The number of amides is 3. The van der Waals surface area contributed by atoms with Gasteiger partial charge in [0.05, 0.1) is 0 Å². The minimum atomic E-state index is -1.67. The van der Waals surface area contributed by atoms with Crippen LogP contribution in [0.25, 0.3) is 0 Å². The van der Waals surface area contributed by atoms with Crippen molar-refractivity contribution in [3.8, 4) is 0 Å². The number of nitrogens with zero attached hydrogens (tertiary/aromatic N) is 1. The highest BCUT2D eigenvalue weighted by Gasteiger charge is 2.54. The number of carbonyl (C=O) groups is 3. The van der Waals surface area contributed by atoms with E-state index in [-0.39, 0.29) is 24.9 Å². The standard InChI is InChI=1S/C19H15BrCl2N2O4/c20-12-3-1-11(2-4-12)10-19(17(26)27)6-5-16(25)24(19)18(28)23-15-8-13(21)7-14(22)9-15/h1-4,7-9H,5-6,10H2,(H,23,28)(H,26,27).